The molecule has 27 nitrogen and oxygen atoms in total. The number of benzene rings is 5. The van der Waals surface area contributed by atoms with Crippen LogP contribution < -0.4 is 0 Å². The summed E-state index contributed by atoms with van der Waals surface area (Å²) >= 11 is 3.41. The lowest BCUT2D eigenvalue weighted by Gasteiger charge is -2.34. The summed E-state index contributed by atoms with van der Waals surface area (Å²) in [5.74, 6) is 0.263. The van der Waals surface area contributed by atoms with Gasteiger partial charge in [0.15, 0.2) is 0 Å². The maximum absolute atomic E-state index is 12.3. The molecule has 6 aliphatic rings. The molecule has 4 fully saturated rings. The van der Waals surface area contributed by atoms with Gasteiger partial charge in [0, 0.05) is 115 Å². The first kappa shape index (κ1) is 107. The fourth-order valence-corrected chi connectivity index (χ4v) is 17.6. The zero-order valence-corrected chi connectivity index (χ0v) is 86.2. The molecule has 10 heterocycles. The predicted octanol–water partition coefficient (Wildman–Crippen LogP) is 23.2. The number of methoxy groups -OCH3 is 3. The van der Waals surface area contributed by atoms with Crippen molar-refractivity contribution in [3.05, 3.63) is 224 Å². The molecule has 738 valence electrons. The van der Waals surface area contributed by atoms with Crippen molar-refractivity contribution in [1.29, 1.82) is 0 Å². The third-order valence-electron chi connectivity index (χ3n) is 25.3. The van der Waals surface area contributed by atoms with E-state index in [2.05, 4.69) is 69.9 Å². The maximum atomic E-state index is 12.3. The Morgan fingerprint density at radius 1 is 0.377 bits per heavy atom. The predicted molar refractivity (Wildman–Crippen MR) is 543 cm³/mol. The van der Waals surface area contributed by atoms with Crippen molar-refractivity contribution in [1.82, 2.24) is 44.5 Å². The number of aliphatic hydroxyl groups is 2. The Balaban J connectivity index is 0.000000160. The van der Waals surface area contributed by atoms with E-state index in [9.17, 15) is 43.8 Å². The number of likely N-dealkylation sites (tertiary alicyclic amines) is 2. The number of esters is 3. The van der Waals surface area contributed by atoms with Crippen LogP contribution in [0.15, 0.2) is 174 Å². The number of carbonyl (C=O) groups is 7. The van der Waals surface area contributed by atoms with Gasteiger partial charge >= 0.3 is 49.4 Å². The lowest BCUT2D eigenvalue weighted by molar-refractivity contribution is 0.00578. The van der Waals surface area contributed by atoms with Crippen molar-refractivity contribution in [3.63, 3.8) is 0 Å². The number of aromatic nitrogens is 5. The lowest BCUT2D eigenvalue weighted by Crippen LogP contribution is -2.41. The van der Waals surface area contributed by atoms with E-state index in [4.69, 9.17) is 37.7 Å². The third kappa shape index (κ3) is 28.9. The van der Waals surface area contributed by atoms with Crippen LogP contribution in [-0.4, -0.2) is 211 Å². The van der Waals surface area contributed by atoms with Crippen LogP contribution in [0.5, 0.6) is 0 Å². The number of carbonyl (C=O) groups excluding carboxylic acids is 7. The molecule has 138 heavy (non-hydrogen) atoms. The lowest BCUT2D eigenvalue weighted by atomic mass is 9.75. The second-order valence-corrected chi connectivity index (χ2v) is 42.7. The highest BCUT2D eigenvalue weighted by Crippen LogP contribution is 2.43. The quantitative estimate of drug-likeness (QED) is 0.0730. The second kappa shape index (κ2) is 45.2. The maximum Gasteiger partial charge on any atom is 0.490 e. The Morgan fingerprint density at radius 2 is 0.696 bits per heavy atom. The number of amides is 4. The van der Waals surface area contributed by atoms with Crippen LogP contribution in [0.25, 0.3) is 60.1 Å². The zero-order valence-electron chi connectivity index (χ0n) is 84.7. The van der Waals surface area contributed by atoms with E-state index in [-0.39, 0.29) is 60.6 Å². The monoisotopic (exact) mass is 1950 g/mol. The molecular weight excluding hydrogens is 1810 g/mol. The fourth-order valence-electron chi connectivity index (χ4n) is 17.2. The highest BCUT2D eigenvalue weighted by atomic mass is 79.9. The largest absolute Gasteiger partial charge is 0.490 e. The average Bonchev–Trinajstić information content (AvgIpc) is 1.71. The molecular formula is C109H139BBrN9O18. The Morgan fingerprint density at radius 3 is 1.05 bits per heavy atom. The molecule has 10 aromatic rings. The number of hydrogen-bond acceptors (Lipinski definition) is 23. The third-order valence-corrected chi connectivity index (χ3v) is 26.0. The smallest absolute Gasteiger partial charge is 0.465 e. The van der Waals surface area contributed by atoms with Gasteiger partial charge in [-0.05, 0) is 361 Å². The van der Waals surface area contributed by atoms with Crippen LogP contribution >= 0.6 is 15.9 Å². The van der Waals surface area contributed by atoms with Crippen LogP contribution in [-0.2, 0) is 53.7 Å². The summed E-state index contributed by atoms with van der Waals surface area (Å²) in [6.07, 6.45) is 23.6. The zero-order chi connectivity index (χ0) is 101. The van der Waals surface area contributed by atoms with Gasteiger partial charge in [0.05, 0.1) is 88.0 Å². The molecule has 16 rings (SSSR count). The van der Waals surface area contributed by atoms with Gasteiger partial charge < -0.3 is 72.3 Å². The Kier molecular flexibility index (Phi) is 35.0. The molecule has 0 unspecified atom stereocenters. The summed E-state index contributed by atoms with van der Waals surface area (Å²) in [5, 5.41) is 25.7. The van der Waals surface area contributed by atoms with Gasteiger partial charge in [-0.3, -0.25) is 24.9 Å². The van der Waals surface area contributed by atoms with E-state index in [1.54, 1.807) is 82.4 Å². The Bertz CT molecular complexity index is 6060. The minimum absolute atomic E-state index is 0.232. The highest BCUT2D eigenvalue weighted by Gasteiger charge is 2.53. The molecule has 1 saturated carbocycles. The van der Waals surface area contributed by atoms with Crippen molar-refractivity contribution < 1.29 is 86.2 Å². The number of halogens is 1. The summed E-state index contributed by atoms with van der Waals surface area (Å²) < 4.78 is 49.1. The molecule has 4 amide bonds. The highest BCUT2D eigenvalue weighted by molar-refractivity contribution is 9.10. The van der Waals surface area contributed by atoms with Crippen molar-refractivity contribution in [2.45, 2.75) is 272 Å². The van der Waals surface area contributed by atoms with E-state index < -0.39 is 33.6 Å². The molecule has 3 saturated heterocycles. The van der Waals surface area contributed by atoms with Gasteiger partial charge in [0.1, 0.15) is 22.4 Å². The van der Waals surface area contributed by atoms with Crippen molar-refractivity contribution >= 4 is 125 Å². The molecule has 5 aromatic heterocycles. The molecule has 29 heteroatoms. The van der Waals surface area contributed by atoms with Gasteiger partial charge in [0.25, 0.3) is 0 Å². The molecule has 0 radical (unpaired) electrons. The minimum Gasteiger partial charge on any atom is -0.465 e. The SMILES string of the molecule is CC(C)(C)OC(=O)N1CC=C(B2OC(C)(C)C(C)(C)O2)CC1.CC(C)(C)OC(=O)N1CCC(c2ccnc3ccc(C(C)(C)O)cc23)CC1.CC(C)(O)c1ccc2nccc(C3CCCCC3)c2c1.COC(=O)c1ccc2nccc(Br)c2c1.COC(=O)c1ccc2nccc(C3=CCN(C(=O)OC(C)(C)C)CC3)c2c1.COC(=O)c1ccc2nccc(C3CCN(C(=O)OC(C)(C)C)CC3)c2c1. The first-order chi connectivity index (χ1) is 64.8. The number of rotatable bonds is 10. The molecule has 2 N–H and O–H groups in total. The molecule has 1 aliphatic carbocycles. The number of ether oxygens (including phenoxy) is 7. The number of piperidine rings is 2. The normalized spacial score (nSPS) is 16.7. The number of pyridine rings is 5. The summed E-state index contributed by atoms with van der Waals surface area (Å²) in [6, 6.07) is 38.2. The minimum atomic E-state index is -0.888. The van der Waals surface area contributed by atoms with E-state index >= 15 is 0 Å². The van der Waals surface area contributed by atoms with E-state index in [1.807, 2.05) is 216 Å². The first-order valence-electron chi connectivity index (χ1n) is 47.8. The molecule has 0 atom stereocenters. The summed E-state index contributed by atoms with van der Waals surface area (Å²) in [4.78, 5) is 113. The average molecular weight is 1950 g/mol. The van der Waals surface area contributed by atoms with Crippen LogP contribution in [0.2, 0.25) is 0 Å². The van der Waals surface area contributed by atoms with Crippen molar-refractivity contribution in [3.8, 4) is 0 Å². The molecule has 5 aliphatic heterocycles. The fraction of sp³-hybridized carbons (Fsp3) is 0.486. The van der Waals surface area contributed by atoms with Crippen LogP contribution in [0.1, 0.15) is 291 Å². The van der Waals surface area contributed by atoms with Gasteiger partial charge in [-0.25, -0.2) is 33.6 Å². The molecule has 0 bridgehead atoms. The van der Waals surface area contributed by atoms with E-state index in [1.165, 1.54) is 69.9 Å². The van der Waals surface area contributed by atoms with Crippen molar-refractivity contribution in [2.75, 3.05) is 73.7 Å². The number of fused-ring (bicyclic) bond motifs is 5. The van der Waals surface area contributed by atoms with E-state index in [0.29, 0.717) is 93.2 Å². The van der Waals surface area contributed by atoms with Crippen LogP contribution in [0.4, 0.5) is 19.2 Å². The van der Waals surface area contributed by atoms with Crippen LogP contribution in [0.3, 0.4) is 0 Å². The summed E-state index contributed by atoms with van der Waals surface area (Å²) in [6.45, 7) is 42.9. The van der Waals surface area contributed by atoms with Crippen molar-refractivity contribution in [2.24, 2.45) is 0 Å². The topological polar surface area (TPSA) is 320 Å². The Labute approximate surface area is 821 Å². The van der Waals surface area contributed by atoms with Crippen LogP contribution in [0, 0.1) is 0 Å². The second-order valence-electron chi connectivity index (χ2n) is 41.9. The van der Waals surface area contributed by atoms with Gasteiger partial charge in [-0.2, -0.15) is 0 Å². The summed E-state index contributed by atoms with van der Waals surface area (Å²) in [7, 11) is 3.80. The van der Waals surface area contributed by atoms with Gasteiger partial charge in [0.2, 0.25) is 0 Å². The molecule has 0 spiro atoms. The number of hydrogen-bond donors (Lipinski definition) is 2. The van der Waals surface area contributed by atoms with Gasteiger partial charge in [-0.1, -0.05) is 59.5 Å². The molecule has 5 aromatic carbocycles. The standard InChI is InChI=1S/C22H30N2O3.C21H26N2O4.C21H24N2O4.C18H23NO.C16H28BNO4.C11H8BrNO2/c1-21(2,3)27-20(25)24-12-9-15(10-13-24)17-8-11-23-19-7-6-16(14-18(17)19)22(4,5)26;2*1-21(2,3)27-20(25)23-11-8-14(9-12-23)16-7-10-22-18-6-5-15(13-17(16)18)19(24)26-4;1-18(2,20)14-8-9-17-16(12-14)15(10-11-19-17)13-6-4-3-5-7-13;1-14(2,3)20-13(19)18-10-8-12(9-11-18)17-21-15(4,5)16(6,7)22-17;1-15-11(14)7-2-3-10-8(6-7)9(12)4-5-13-10/h6-8,11,14-15,26H,9-10,12-13H2,1-5H3;5-7,10,13-14H,8-9,11-12H2,1-4H3;5-8,10,13H,9,11-12H2,1-4H3;8-13,20H,3-7H2,1-2H3;8H,9-11H2,1-7H3;2-6H,1H3. The number of nitrogens with zero attached hydrogens (tertiary/aromatic N) is 9. The first-order valence-corrected chi connectivity index (χ1v) is 48.5. The van der Waals surface area contributed by atoms with Gasteiger partial charge in [-0.15, -0.1) is 0 Å². The van der Waals surface area contributed by atoms with E-state index in [0.717, 1.165) is 119 Å². The summed E-state index contributed by atoms with van der Waals surface area (Å²) in [5.41, 5.74) is 10.7. The Hall–Kier alpha value is -11.5.